The van der Waals surface area contributed by atoms with Gasteiger partial charge in [0.25, 0.3) is 0 Å². The molecule has 25 heavy (non-hydrogen) atoms. The van der Waals surface area contributed by atoms with Crippen LogP contribution in [0.4, 0.5) is 0 Å². The van der Waals surface area contributed by atoms with Gasteiger partial charge in [0.05, 0.1) is 12.1 Å². The zero-order chi connectivity index (χ0) is 20.4. The van der Waals surface area contributed by atoms with E-state index < -0.39 is 6.04 Å². The van der Waals surface area contributed by atoms with Crippen molar-refractivity contribution in [2.75, 3.05) is 7.05 Å². The maximum Gasteiger partial charge on any atom is 0.220 e. The van der Waals surface area contributed by atoms with Gasteiger partial charge in [-0.25, -0.2) is 0 Å². The van der Waals surface area contributed by atoms with Gasteiger partial charge in [-0.2, -0.15) is 0 Å². The van der Waals surface area contributed by atoms with Crippen molar-refractivity contribution in [2.24, 2.45) is 0 Å². The molecule has 2 atom stereocenters. The van der Waals surface area contributed by atoms with E-state index in [0.717, 1.165) is 0 Å². The van der Waals surface area contributed by atoms with Gasteiger partial charge in [-0.1, -0.05) is 34.6 Å². The number of rotatable bonds is 11. The average molecular weight is 359 g/mol. The van der Waals surface area contributed by atoms with Gasteiger partial charge in [0.15, 0.2) is 5.78 Å². The van der Waals surface area contributed by atoms with Crippen molar-refractivity contribution in [1.82, 2.24) is 10.6 Å². The van der Waals surface area contributed by atoms with E-state index in [1.165, 1.54) is 13.8 Å². The summed E-state index contributed by atoms with van der Waals surface area (Å²) in [7, 11) is 1.67. The summed E-state index contributed by atoms with van der Waals surface area (Å²) in [5.41, 5.74) is 0. The molecule has 0 aromatic rings. The summed E-state index contributed by atoms with van der Waals surface area (Å²) >= 11 is 0. The van der Waals surface area contributed by atoms with Gasteiger partial charge in [0.1, 0.15) is 11.6 Å². The molecule has 0 heterocycles. The third-order valence-electron chi connectivity index (χ3n) is 3.36. The fourth-order valence-electron chi connectivity index (χ4n) is 2.00. The highest BCUT2D eigenvalue weighted by Crippen LogP contribution is 2.05. The van der Waals surface area contributed by atoms with E-state index in [-0.39, 0.29) is 42.1 Å². The highest BCUT2D eigenvalue weighted by Gasteiger charge is 2.20. The molecule has 0 aliphatic heterocycles. The largest absolute Gasteiger partial charge is 0.346 e. The third kappa shape index (κ3) is 15.7. The normalized spacial score (nSPS) is 11.7. The third-order valence-corrected chi connectivity index (χ3v) is 3.36. The first-order valence-corrected chi connectivity index (χ1v) is 9.31. The Morgan fingerprint density at radius 3 is 1.68 bits per heavy atom. The molecule has 1 amide bonds. The minimum atomic E-state index is -0.614. The zero-order valence-electron chi connectivity index (χ0n) is 17.3. The summed E-state index contributed by atoms with van der Waals surface area (Å²) in [6, 6.07) is -0.968. The summed E-state index contributed by atoms with van der Waals surface area (Å²) in [5.74, 6) is -0.388. The summed E-state index contributed by atoms with van der Waals surface area (Å²) in [6.07, 6.45) is 1.46. The molecule has 0 saturated heterocycles. The van der Waals surface area contributed by atoms with E-state index >= 15 is 0 Å². The molecular formula is C19H38N2O4. The fraction of sp³-hybridized carbons (Fsp3) is 0.789. The molecule has 2 N–H and O–H groups in total. The Morgan fingerprint density at radius 2 is 1.32 bits per heavy atom. The van der Waals surface area contributed by atoms with Crippen LogP contribution < -0.4 is 10.6 Å². The van der Waals surface area contributed by atoms with E-state index in [0.29, 0.717) is 19.3 Å². The van der Waals surface area contributed by atoms with Crippen LogP contribution in [0.15, 0.2) is 0 Å². The highest BCUT2D eigenvalue weighted by molar-refractivity contribution is 5.89. The minimum Gasteiger partial charge on any atom is -0.346 e. The van der Waals surface area contributed by atoms with Crippen LogP contribution in [0, 0.1) is 0 Å². The van der Waals surface area contributed by atoms with E-state index in [9.17, 15) is 19.2 Å². The number of carbonyl (C=O) groups is 4. The lowest BCUT2D eigenvalue weighted by molar-refractivity contribution is -0.128. The molecule has 6 heteroatoms. The molecule has 0 aliphatic rings. The van der Waals surface area contributed by atoms with Crippen molar-refractivity contribution in [2.45, 2.75) is 92.7 Å². The quantitative estimate of drug-likeness (QED) is 0.592. The second kappa shape index (κ2) is 18.8. The molecule has 0 radical (unpaired) electrons. The van der Waals surface area contributed by atoms with Crippen LogP contribution in [0.1, 0.15) is 80.6 Å². The second-order valence-electron chi connectivity index (χ2n) is 5.17. The van der Waals surface area contributed by atoms with Crippen LogP contribution in [0.2, 0.25) is 0 Å². The standard InChI is InChI=1S/C15H26N2O4.2C2H6/c1-5-14(20)13(7-6-10(2)18)17-15(21)9-8-12(16-4)11(3)19;2*1-2/h12-13,16H,5-9H2,1-4H3,(H,17,21);2*1-2H3. The van der Waals surface area contributed by atoms with Crippen LogP contribution in [0.3, 0.4) is 0 Å². The Bertz CT molecular complexity index is 395. The first-order chi connectivity index (χ1) is 11.8. The van der Waals surface area contributed by atoms with Crippen LogP contribution >= 0.6 is 0 Å². The van der Waals surface area contributed by atoms with Crippen LogP contribution in [-0.2, 0) is 19.2 Å². The lowest BCUT2D eigenvalue weighted by Gasteiger charge is -2.17. The number of hydrogen-bond donors (Lipinski definition) is 2. The molecule has 0 fully saturated rings. The second-order valence-corrected chi connectivity index (χ2v) is 5.17. The molecule has 0 rings (SSSR count). The first kappa shape index (κ1) is 28.3. The Balaban J connectivity index is -0.00000112. The lowest BCUT2D eigenvalue weighted by Crippen LogP contribution is -2.42. The molecule has 0 aliphatic carbocycles. The molecular weight excluding hydrogens is 320 g/mol. The molecule has 6 nitrogen and oxygen atoms in total. The Labute approximate surface area is 153 Å². The molecule has 0 spiro atoms. The average Bonchev–Trinajstić information content (AvgIpc) is 2.61. The van der Waals surface area contributed by atoms with Gasteiger partial charge in [-0.15, -0.1) is 0 Å². The molecule has 2 unspecified atom stereocenters. The van der Waals surface area contributed by atoms with Gasteiger partial charge in [0, 0.05) is 19.3 Å². The monoisotopic (exact) mass is 358 g/mol. The molecule has 0 saturated carbocycles. The Morgan fingerprint density at radius 1 is 0.840 bits per heavy atom. The van der Waals surface area contributed by atoms with Crippen LogP contribution in [-0.4, -0.2) is 42.4 Å². The van der Waals surface area contributed by atoms with Crippen LogP contribution in [0.5, 0.6) is 0 Å². The van der Waals surface area contributed by atoms with Gasteiger partial charge in [-0.3, -0.25) is 14.4 Å². The Hall–Kier alpha value is -1.56. The van der Waals surface area contributed by atoms with Crippen molar-refractivity contribution in [3.63, 3.8) is 0 Å². The number of hydrogen-bond acceptors (Lipinski definition) is 5. The van der Waals surface area contributed by atoms with Crippen molar-refractivity contribution >= 4 is 23.3 Å². The van der Waals surface area contributed by atoms with Crippen molar-refractivity contribution in [3.8, 4) is 0 Å². The maximum atomic E-state index is 11.9. The number of carbonyl (C=O) groups excluding carboxylic acids is 4. The summed E-state index contributed by atoms with van der Waals surface area (Å²) in [5, 5.41) is 5.50. The smallest absolute Gasteiger partial charge is 0.220 e. The molecule has 148 valence electrons. The van der Waals surface area contributed by atoms with Crippen LogP contribution in [0.25, 0.3) is 0 Å². The minimum absolute atomic E-state index is 0.00928. The topological polar surface area (TPSA) is 92.3 Å². The highest BCUT2D eigenvalue weighted by atomic mass is 16.2. The molecule has 0 bridgehead atoms. The Kier molecular flexibility index (Phi) is 21.2. The van der Waals surface area contributed by atoms with Gasteiger partial charge < -0.3 is 15.4 Å². The number of Topliss-reactive ketones (excluding diaryl/α,β-unsaturated/α-hetero) is 3. The van der Waals surface area contributed by atoms with Gasteiger partial charge in [0.2, 0.25) is 5.91 Å². The summed E-state index contributed by atoms with van der Waals surface area (Å²) in [6.45, 7) is 12.6. The van der Waals surface area contributed by atoms with Crippen molar-refractivity contribution in [3.05, 3.63) is 0 Å². The number of ketones is 3. The van der Waals surface area contributed by atoms with Gasteiger partial charge >= 0.3 is 0 Å². The molecule has 0 aromatic heterocycles. The van der Waals surface area contributed by atoms with Crippen molar-refractivity contribution < 1.29 is 19.2 Å². The predicted octanol–water partition coefficient (Wildman–Crippen LogP) is 2.83. The maximum absolute atomic E-state index is 11.9. The number of nitrogens with one attached hydrogen (secondary N) is 2. The predicted molar refractivity (Wildman–Crippen MR) is 103 cm³/mol. The van der Waals surface area contributed by atoms with Gasteiger partial charge in [-0.05, 0) is 33.7 Å². The van der Waals surface area contributed by atoms with E-state index in [2.05, 4.69) is 10.6 Å². The lowest BCUT2D eigenvalue weighted by atomic mass is 10.0. The first-order valence-electron chi connectivity index (χ1n) is 9.31. The van der Waals surface area contributed by atoms with E-state index in [1.54, 1.807) is 14.0 Å². The SMILES string of the molecule is CC.CC.CCC(=O)C(CCC(C)=O)NC(=O)CCC(NC)C(C)=O. The van der Waals surface area contributed by atoms with E-state index in [1.807, 2.05) is 27.7 Å². The summed E-state index contributed by atoms with van der Waals surface area (Å²) in [4.78, 5) is 45.9. The fourth-order valence-corrected chi connectivity index (χ4v) is 2.00. The zero-order valence-corrected chi connectivity index (χ0v) is 17.3. The molecule has 0 aromatic carbocycles. The van der Waals surface area contributed by atoms with E-state index in [4.69, 9.17) is 0 Å². The summed E-state index contributed by atoms with van der Waals surface area (Å²) < 4.78 is 0. The van der Waals surface area contributed by atoms with Crippen molar-refractivity contribution in [1.29, 1.82) is 0 Å². The number of amides is 1. The number of likely N-dealkylation sites (N-methyl/N-ethyl adjacent to an activating group) is 1.